The summed E-state index contributed by atoms with van der Waals surface area (Å²) in [7, 11) is 0. The molecule has 0 saturated carbocycles. The number of anilines is 3. The van der Waals surface area contributed by atoms with Gasteiger partial charge in [0, 0.05) is 51.2 Å². The maximum absolute atomic E-state index is 11.4. The maximum atomic E-state index is 11.4. The average Bonchev–Trinajstić information content (AvgIpc) is 3.91. The van der Waals surface area contributed by atoms with Crippen LogP contribution in [-0.2, 0) is 6.42 Å². The molecule has 66 heavy (non-hydrogen) atoms. The molecule has 0 saturated heterocycles. The van der Waals surface area contributed by atoms with E-state index in [1.165, 1.54) is 11.8 Å². The minimum atomic E-state index is -1.06. The molecule has 13 nitrogen and oxygen atoms in total. The van der Waals surface area contributed by atoms with Crippen molar-refractivity contribution in [2.45, 2.75) is 13.3 Å². The zero-order valence-corrected chi connectivity index (χ0v) is 34.9. The lowest BCUT2D eigenvalue weighted by Crippen LogP contribution is -2.12. The number of nitrogens with zero attached hydrogens (tertiary/aromatic N) is 5. The van der Waals surface area contributed by atoms with E-state index in [9.17, 15) is 40.9 Å². The van der Waals surface area contributed by atoms with Gasteiger partial charge in [0.05, 0.1) is 28.1 Å². The molecule has 13 heteroatoms. The molecule has 8 aromatic carbocycles. The molecule has 0 bridgehead atoms. The summed E-state index contributed by atoms with van der Waals surface area (Å²) in [6.45, 7) is 1.36. The molecule has 8 N–H and O–H groups in total. The van der Waals surface area contributed by atoms with Crippen molar-refractivity contribution in [3.05, 3.63) is 162 Å². The van der Waals surface area contributed by atoms with Crippen LogP contribution >= 0.6 is 0 Å². The summed E-state index contributed by atoms with van der Waals surface area (Å²) in [5.41, 5.74) is 8.73. The number of phenols is 8. The summed E-state index contributed by atoms with van der Waals surface area (Å²) in [6, 6.07) is 46.1. The monoisotopic (exact) mass is 871 g/mol. The second-order valence-corrected chi connectivity index (χ2v) is 16.1. The molecular formula is C53H37N5O8. The highest BCUT2D eigenvalue weighted by Crippen LogP contribution is 2.58. The fourth-order valence-electron chi connectivity index (χ4n) is 9.17. The lowest BCUT2D eigenvalue weighted by atomic mass is 9.97. The van der Waals surface area contributed by atoms with Gasteiger partial charge in [0.1, 0.15) is 0 Å². The number of phenolic OH excluding ortho intramolecular Hbond substituents is 8. The lowest BCUT2D eigenvalue weighted by Gasteiger charge is -2.29. The number of para-hydroxylation sites is 1. The van der Waals surface area contributed by atoms with E-state index in [1.54, 1.807) is 12.1 Å². The predicted octanol–water partition coefficient (Wildman–Crippen LogP) is 11.0. The van der Waals surface area contributed by atoms with Crippen LogP contribution in [0, 0.1) is 6.92 Å². The Morgan fingerprint density at radius 1 is 0.485 bits per heavy atom. The Morgan fingerprint density at radius 3 is 1.79 bits per heavy atom. The van der Waals surface area contributed by atoms with Gasteiger partial charge in [-0.1, -0.05) is 103 Å². The molecule has 0 unspecified atom stereocenters. The predicted molar refractivity (Wildman–Crippen MR) is 251 cm³/mol. The fourth-order valence-corrected chi connectivity index (χ4v) is 9.17. The zero-order chi connectivity index (χ0) is 45.5. The highest BCUT2D eigenvalue weighted by Gasteiger charge is 2.32. The molecule has 0 spiro atoms. The SMILES string of the molecule is Cc1c(O)c(O)c(O)c(O)c1N(c1ccc2c(c1)c1ccccc1n2-c1ccc(-c2nc(-c3ccccc3)nc(-c3ccccc3)n2)c2c1Cc1ccccc1-2)c1cc(O)c(O)c(O)c1O. The molecule has 0 atom stereocenters. The second kappa shape index (κ2) is 15.0. The average molecular weight is 872 g/mol. The molecule has 2 aromatic heterocycles. The van der Waals surface area contributed by atoms with E-state index >= 15 is 0 Å². The Kier molecular flexibility index (Phi) is 8.97. The third-order valence-electron chi connectivity index (χ3n) is 12.3. The van der Waals surface area contributed by atoms with Crippen LogP contribution in [0.2, 0.25) is 0 Å². The first-order chi connectivity index (χ1) is 32.0. The molecule has 0 radical (unpaired) electrons. The number of fused-ring (bicyclic) bond motifs is 6. The van der Waals surface area contributed by atoms with Crippen LogP contribution in [0.4, 0.5) is 17.1 Å². The van der Waals surface area contributed by atoms with Crippen molar-refractivity contribution in [1.82, 2.24) is 19.5 Å². The Bertz CT molecular complexity index is 3550. The molecular weight excluding hydrogens is 835 g/mol. The van der Waals surface area contributed by atoms with Gasteiger partial charge in [-0.05, 0) is 65.6 Å². The first kappa shape index (κ1) is 39.6. The van der Waals surface area contributed by atoms with Gasteiger partial charge in [0.2, 0.25) is 23.0 Å². The van der Waals surface area contributed by atoms with Crippen molar-refractivity contribution in [2.24, 2.45) is 0 Å². The van der Waals surface area contributed by atoms with Gasteiger partial charge in [0.25, 0.3) is 0 Å². The van der Waals surface area contributed by atoms with E-state index in [4.69, 9.17) is 15.0 Å². The molecule has 2 heterocycles. The van der Waals surface area contributed by atoms with E-state index in [1.807, 2.05) is 109 Å². The Morgan fingerprint density at radius 2 is 1.08 bits per heavy atom. The lowest BCUT2D eigenvalue weighted by molar-refractivity contribution is 0.344. The summed E-state index contributed by atoms with van der Waals surface area (Å²) < 4.78 is 2.17. The first-order valence-corrected chi connectivity index (χ1v) is 20.9. The zero-order valence-electron chi connectivity index (χ0n) is 34.9. The van der Waals surface area contributed by atoms with Crippen LogP contribution in [0.15, 0.2) is 146 Å². The van der Waals surface area contributed by atoms with Gasteiger partial charge < -0.3 is 50.3 Å². The van der Waals surface area contributed by atoms with E-state index in [-0.39, 0.29) is 22.6 Å². The van der Waals surface area contributed by atoms with Crippen LogP contribution in [-0.4, -0.2) is 60.4 Å². The van der Waals surface area contributed by atoms with Gasteiger partial charge in [-0.25, -0.2) is 15.0 Å². The minimum absolute atomic E-state index is 0.128. The summed E-state index contributed by atoms with van der Waals surface area (Å²) in [4.78, 5) is 16.3. The van der Waals surface area contributed by atoms with Crippen LogP contribution in [0.5, 0.6) is 46.0 Å². The molecule has 0 amide bonds. The highest BCUT2D eigenvalue weighted by atomic mass is 16.4. The topological polar surface area (TPSA) is 209 Å². The normalized spacial score (nSPS) is 11.8. The van der Waals surface area contributed by atoms with Gasteiger partial charge in [-0.3, -0.25) is 0 Å². The van der Waals surface area contributed by atoms with Crippen LogP contribution in [0.25, 0.3) is 72.8 Å². The van der Waals surface area contributed by atoms with Crippen LogP contribution in [0.1, 0.15) is 16.7 Å². The standard InChI is InChI=1S/C53H37N5O8/c1-27-43(47(63)50(66)48(64)44(27)60)57(40-26-41(59)46(62)49(65)45(40)61)31-20-22-38-35(25-31)33-18-10-11-19-37(33)58(38)39-23-21-34(42-32-17-9-8-16-30(32)24-36(39)42)53-55-51(28-12-4-2-5-13-28)54-52(56-53)29-14-6-3-7-15-29/h2-23,25-26,59-66H,24H2,1H3. The molecule has 11 rings (SSSR count). The molecule has 1 aliphatic carbocycles. The molecule has 10 aromatic rings. The third-order valence-corrected chi connectivity index (χ3v) is 12.3. The summed E-state index contributed by atoms with van der Waals surface area (Å²) in [6.07, 6.45) is 0.607. The van der Waals surface area contributed by atoms with E-state index < -0.39 is 46.0 Å². The number of rotatable bonds is 7. The van der Waals surface area contributed by atoms with Gasteiger partial charge >= 0.3 is 0 Å². The van der Waals surface area contributed by atoms with Crippen molar-refractivity contribution in [3.63, 3.8) is 0 Å². The minimum Gasteiger partial charge on any atom is -0.504 e. The Hall–Kier alpha value is -9.23. The van der Waals surface area contributed by atoms with Crippen LogP contribution in [0.3, 0.4) is 0 Å². The number of hydrogen-bond acceptors (Lipinski definition) is 12. The van der Waals surface area contributed by atoms with Gasteiger partial charge in [-0.2, -0.15) is 0 Å². The van der Waals surface area contributed by atoms with E-state index in [0.29, 0.717) is 29.3 Å². The van der Waals surface area contributed by atoms with Gasteiger partial charge in [0.15, 0.2) is 40.5 Å². The fraction of sp³-hybridized carbons (Fsp3) is 0.0377. The first-order valence-electron chi connectivity index (χ1n) is 20.9. The second-order valence-electron chi connectivity index (χ2n) is 16.1. The smallest absolute Gasteiger partial charge is 0.206 e. The quantitative estimate of drug-likeness (QED) is 0.0556. The molecule has 0 aliphatic heterocycles. The highest BCUT2D eigenvalue weighted by molar-refractivity contribution is 6.11. The number of aromatic nitrogens is 4. The Balaban J connectivity index is 1.15. The van der Waals surface area contributed by atoms with Crippen molar-refractivity contribution < 1.29 is 40.9 Å². The van der Waals surface area contributed by atoms with E-state index in [2.05, 4.69) is 22.8 Å². The number of aromatic hydroxyl groups is 8. The van der Waals surface area contributed by atoms with Crippen molar-refractivity contribution in [3.8, 4) is 97.0 Å². The largest absolute Gasteiger partial charge is 0.504 e. The molecule has 1 aliphatic rings. The molecule has 0 fully saturated rings. The summed E-state index contributed by atoms with van der Waals surface area (Å²) >= 11 is 0. The summed E-state index contributed by atoms with van der Waals surface area (Å²) in [5, 5.41) is 88.0. The van der Waals surface area contributed by atoms with E-state index in [0.717, 1.165) is 67.1 Å². The van der Waals surface area contributed by atoms with Gasteiger partial charge in [-0.15, -0.1) is 0 Å². The van der Waals surface area contributed by atoms with Crippen LogP contribution < -0.4 is 4.90 Å². The van der Waals surface area contributed by atoms with Crippen molar-refractivity contribution >= 4 is 38.9 Å². The number of hydrogen-bond donors (Lipinski definition) is 8. The maximum Gasteiger partial charge on any atom is 0.206 e. The van der Waals surface area contributed by atoms with Crippen molar-refractivity contribution in [2.75, 3.05) is 4.90 Å². The Labute approximate surface area is 375 Å². The number of benzene rings is 8. The molecule has 322 valence electrons. The van der Waals surface area contributed by atoms with Crippen molar-refractivity contribution in [1.29, 1.82) is 0 Å². The third kappa shape index (κ3) is 5.98. The summed E-state index contributed by atoms with van der Waals surface area (Å²) in [5.74, 6) is -5.80.